The lowest BCUT2D eigenvalue weighted by molar-refractivity contribution is 0.415. The normalized spacial score (nSPS) is 10.6. The molecule has 19 heavy (non-hydrogen) atoms. The zero-order valence-electron chi connectivity index (χ0n) is 10.4. The highest BCUT2D eigenvalue weighted by molar-refractivity contribution is 5.87. The second kappa shape index (κ2) is 4.57. The van der Waals surface area contributed by atoms with Crippen LogP contribution in [0.5, 0.6) is 5.75 Å². The highest BCUT2D eigenvalue weighted by atomic mass is 16.5. The molecule has 1 N–H and O–H groups in total. The first-order chi connectivity index (χ1) is 9.26. The van der Waals surface area contributed by atoms with Crippen molar-refractivity contribution in [2.45, 2.75) is 0 Å². The fourth-order valence-electron chi connectivity index (χ4n) is 2.02. The van der Waals surface area contributed by atoms with Crippen LogP contribution in [-0.4, -0.2) is 17.3 Å². The maximum atomic E-state index is 11.0. The molecule has 0 saturated carbocycles. The summed E-state index contributed by atoms with van der Waals surface area (Å²) in [7, 11) is 1.65. The topological polar surface area (TPSA) is 55.0 Å². The van der Waals surface area contributed by atoms with Crippen LogP contribution in [0.25, 0.3) is 22.0 Å². The number of benzene rings is 2. The lowest BCUT2D eigenvalue weighted by Crippen LogP contribution is -2.05. The number of H-pyrrole nitrogens is 1. The van der Waals surface area contributed by atoms with Crippen molar-refractivity contribution < 1.29 is 4.74 Å². The maximum absolute atomic E-state index is 11.0. The largest absolute Gasteiger partial charge is 0.497 e. The van der Waals surface area contributed by atoms with Gasteiger partial charge in [0.15, 0.2) is 0 Å². The van der Waals surface area contributed by atoms with Gasteiger partial charge in [0, 0.05) is 11.6 Å². The molecule has 0 saturated heterocycles. The van der Waals surface area contributed by atoms with Gasteiger partial charge in [0.05, 0.1) is 12.8 Å². The summed E-state index contributed by atoms with van der Waals surface area (Å²) in [5, 5.41) is 8.67. The number of methoxy groups -OCH3 is 1. The van der Waals surface area contributed by atoms with Crippen molar-refractivity contribution in [1.29, 1.82) is 0 Å². The standard InChI is InChI=1S/C15H12N2O2/c1-19-13-5-4-10-8-12(3-2-11(10)9-13)14-6-7-15(18)17-16-14/h2-9H,1H3,(H,17,18). The van der Waals surface area contributed by atoms with E-state index in [0.29, 0.717) is 0 Å². The maximum Gasteiger partial charge on any atom is 0.264 e. The van der Waals surface area contributed by atoms with Crippen LogP contribution in [0.3, 0.4) is 0 Å². The summed E-state index contributed by atoms with van der Waals surface area (Å²) in [6, 6.07) is 15.1. The zero-order valence-corrected chi connectivity index (χ0v) is 10.4. The van der Waals surface area contributed by atoms with Crippen molar-refractivity contribution in [3.8, 4) is 17.0 Å². The van der Waals surface area contributed by atoms with Crippen molar-refractivity contribution in [1.82, 2.24) is 10.2 Å². The Labute approximate surface area is 109 Å². The van der Waals surface area contributed by atoms with Gasteiger partial charge in [0.25, 0.3) is 5.56 Å². The molecule has 0 radical (unpaired) electrons. The summed E-state index contributed by atoms with van der Waals surface area (Å²) in [6.45, 7) is 0. The van der Waals surface area contributed by atoms with Crippen molar-refractivity contribution >= 4 is 10.8 Å². The van der Waals surface area contributed by atoms with E-state index in [0.717, 1.165) is 27.8 Å². The van der Waals surface area contributed by atoms with Crippen LogP contribution in [0, 0.1) is 0 Å². The second-order valence-corrected chi connectivity index (χ2v) is 4.23. The minimum Gasteiger partial charge on any atom is -0.497 e. The molecule has 0 spiro atoms. The van der Waals surface area contributed by atoms with Crippen LogP contribution < -0.4 is 10.3 Å². The number of fused-ring (bicyclic) bond motifs is 1. The molecular weight excluding hydrogens is 240 g/mol. The van der Waals surface area contributed by atoms with Gasteiger partial charge in [-0.05, 0) is 35.0 Å². The lowest BCUT2D eigenvalue weighted by atomic mass is 10.0. The number of ether oxygens (including phenoxy) is 1. The van der Waals surface area contributed by atoms with E-state index < -0.39 is 0 Å². The molecule has 2 aromatic carbocycles. The van der Waals surface area contributed by atoms with Gasteiger partial charge in [-0.1, -0.05) is 18.2 Å². The molecule has 3 rings (SSSR count). The summed E-state index contributed by atoms with van der Waals surface area (Å²) in [4.78, 5) is 11.0. The molecule has 1 heterocycles. The number of hydrogen-bond acceptors (Lipinski definition) is 3. The van der Waals surface area contributed by atoms with E-state index >= 15 is 0 Å². The smallest absolute Gasteiger partial charge is 0.264 e. The third-order valence-corrected chi connectivity index (χ3v) is 3.02. The summed E-state index contributed by atoms with van der Waals surface area (Å²) < 4.78 is 5.20. The molecule has 0 fully saturated rings. The van der Waals surface area contributed by atoms with Crippen LogP contribution >= 0.6 is 0 Å². The molecule has 0 aliphatic heterocycles. The van der Waals surface area contributed by atoms with Gasteiger partial charge in [-0.2, -0.15) is 5.10 Å². The molecule has 0 amide bonds. The van der Waals surface area contributed by atoms with Gasteiger partial charge in [0.2, 0.25) is 0 Å². The summed E-state index contributed by atoms with van der Waals surface area (Å²) in [5.41, 5.74) is 1.51. The molecule has 0 aliphatic carbocycles. The van der Waals surface area contributed by atoms with E-state index in [1.54, 1.807) is 13.2 Å². The Morgan fingerprint density at radius 2 is 1.79 bits per heavy atom. The summed E-state index contributed by atoms with van der Waals surface area (Å²) in [5.74, 6) is 0.836. The minimum atomic E-state index is -0.200. The first-order valence-corrected chi connectivity index (χ1v) is 5.90. The Kier molecular flexibility index (Phi) is 2.76. The molecule has 4 heteroatoms. The van der Waals surface area contributed by atoms with Crippen LogP contribution in [0.15, 0.2) is 53.3 Å². The predicted octanol–water partition coefficient (Wildman–Crippen LogP) is 2.60. The van der Waals surface area contributed by atoms with Crippen molar-refractivity contribution in [3.63, 3.8) is 0 Å². The van der Waals surface area contributed by atoms with Crippen LogP contribution in [0.4, 0.5) is 0 Å². The molecule has 94 valence electrons. The minimum absolute atomic E-state index is 0.200. The van der Waals surface area contributed by atoms with E-state index in [-0.39, 0.29) is 5.56 Å². The fraction of sp³-hybridized carbons (Fsp3) is 0.0667. The van der Waals surface area contributed by atoms with Gasteiger partial charge in [0.1, 0.15) is 5.75 Å². The van der Waals surface area contributed by atoms with E-state index in [2.05, 4.69) is 10.2 Å². The van der Waals surface area contributed by atoms with Crippen molar-refractivity contribution in [2.24, 2.45) is 0 Å². The Balaban J connectivity index is 2.11. The molecule has 4 nitrogen and oxygen atoms in total. The molecule has 1 aromatic heterocycles. The average Bonchev–Trinajstić information content (AvgIpc) is 2.47. The summed E-state index contributed by atoms with van der Waals surface area (Å²) in [6.07, 6.45) is 0. The van der Waals surface area contributed by atoms with Gasteiger partial charge in [-0.25, -0.2) is 5.10 Å². The van der Waals surface area contributed by atoms with E-state index in [1.165, 1.54) is 6.07 Å². The summed E-state index contributed by atoms with van der Waals surface area (Å²) >= 11 is 0. The zero-order chi connectivity index (χ0) is 13.2. The molecule has 0 bridgehead atoms. The Hall–Kier alpha value is -2.62. The average molecular weight is 252 g/mol. The van der Waals surface area contributed by atoms with Gasteiger partial charge in [-0.3, -0.25) is 4.79 Å². The number of nitrogens with zero attached hydrogens (tertiary/aromatic N) is 1. The molecule has 0 atom stereocenters. The number of aromatic amines is 1. The molecule has 3 aromatic rings. The Morgan fingerprint density at radius 1 is 1.00 bits per heavy atom. The molecule has 0 aliphatic rings. The quantitative estimate of drug-likeness (QED) is 0.762. The number of nitrogens with one attached hydrogen (secondary N) is 1. The van der Waals surface area contributed by atoms with Gasteiger partial charge in [-0.15, -0.1) is 0 Å². The Morgan fingerprint density at radius 3 is 2.53 bits per heavy atom. The van der Waals surface area contributed by atoms with E-state index in [4.69, 9.17) is 4.74 Å². The van der Waals surface area contributed by atoms with Crippen LogP contribution in [0.2, 0.25) is 0 Å². The second-order valence-electron chi connectivity index (χ2n) is 4.23. The number of rotatable bonds is 2. The highest BCUT2D eigenvalue weighted by Gasteiger charge is 2.02. The third kappa shape index (κ3) is 2.20. The fourth-order valence-corrected chi connectivity index (χ4v) is 2.02. The van der Waals surface area contributed by atoms with Crippen LogP contribution in [0.1, 0.15) is 0 Å². The van der Waals surface area contributed by atoms with E-state index in [1.807, 2.05) is 36.4 Å². The number of aromatic nitrogens is 2. The number of hydrogen-bond donors (Lipinski definition) is 1. The lowest BCUT2D eigenvalue weighted by Gasteiger charge is -2.05. The molecular formula is C15H12N2O2. The van der Waals surface area contributed by atoms with Gasteiger partial charge >= 0.3 is 0 Å². The van der Waals surface area contributed by atoms with Crippen LogP contribution in [-0.2, 0) is 0 Å². The van der Waals surface area contributed by atoms with E-state index in [9.17, 15) is 4.79 Å². The molecule has 0 unspecified atom stereocenters. The van der Waals surface area contributed by atoms with Gasteiger partial charge < -0.3 is 4.74 Å². The van der Waals surface area contributed by atoms with Crippen molar-refractivity contribution in [2.75, 3.05) is 7.11 Å². The SMILES string of the molecule is COc1ccc2cc(-c3ccc(=O)[nH]n3)ccc2c1. The van der Waals surface area contributed by atoms with Crippen molar-refractivity contribution in [3.05, 3.63) is 58.9 Å². The monoisotopic (exact) mass is 252 g/mol. The Bertz CT molecular complexity index is 773. The highest BCUT2D eigenvalue weighted by Crippen LogP contribution is 2.25. The first-order valence-electron chi connectivity index (χ1n) is 5.90. The first kappa shape index (κ1) is 11.5. The third-order valence-electron chi connectivity index (χ3n) is 3.02. The predicted molar refractivity (Wildman–Crippen MR) is 74.4 cm³/mol.